The molecule has 1 aromatic heterocycles. The Kier molecular flexibility index (Phi) is 5.91. The first-order chi connectivity index (χ1) is 10.1. The normalized spacial score (nSPS) is 12.2. The van der Waals surface area contributed by atoms with Gasteiger partial charge in [0.25, 0.3) is 0 Å². The summed E-state index contributed by atoms with van der Waals surface area (Å²) < 4.78 is 12.0. The molecule has 114 valence electrons. The van der Waals surface area contributed by atoms with Crippen LogP contribution in [0.3, 0.4) is 0 Å². The Morgan fingerprint density at radius 1 is 1.29 bits per heavy atom. The van der Waals surface area contributed by atoms with Gasteiger partial charge in [-0.25, -0.2) is 0 Å². The summed E-state index contributed by atoms with van der Waals surface area (Å²) in [7, 11) is 1.66. The molecule has 0 amide bonds. The lowest BCUT2D eigenvalue weighted by molar-refractivity contribution is 0.304. The molecule has 2 rings (SSSR count). The van der Waals surface area contributed by atoms with Gasteiger partial charge in [-0.05, 0) is 48.7 Å². The van der Waals surface area contributed by atoms with Crippen LogP contribution >= 0.6 is 22.9 Å². The predicted octanol–water partition coefficient (Wildman–Crippen LogP) is 4.27. The van der Waals surface area contributed by atoms with Crippen molar-refractivity contribution in [3.05, 3.63) is 45.1 Å². The number of hydrogen-bond donors (Lipinski definition) is 1. The highest BCUT2D eigenvalue weighted by Crippen LogP contribution is 2.28. The standard InChI is InChI=1S/C16H20ClNO2S/c1-3-12(18)8-11-9-13(19-2)4-6-15(11)20-10-14-5-7-16(17)21-14/h4-7,9,12H,3,8,10,18H2,1-2H3. The van der Waals surface area contributed by atoms with Crippen LogP contribution in [0.2, 0.25) is 4.34 Å². The van der Waals surface area contributed by atoms with Crippen molar-refractivity contribution in [1.29, 1.82) is 0 Å². The summed E-state index contributed by atoms with van der Waals surface area (Å²) in [5.41, 5.74) is 7.14. The van der Waals surface area contributed by atoms with Gasteiger partial charge in [-0.2, -0.15) is 0 Å². The number of halogens is 1. The molecule has 0 saturated carbocycles. The van der Waals surface area contributed by atoms with Crippen molar-refractivity contribution in [3.63, 3.8) is 0 Å². The minimum atomic E-state index is 0.121. The van der Waals surface area contributed by atoms with Crippen molar-refractivity contribution < 1.29 is 9.47 Å². The second kappa shape index (κ2) is 7.69. The van der Waals surface area contributed by atoms with Crippen molar-refractivity contribution in [2.24, 2.45) is 5.73 Å². The first-order valence-corrected chi connectivity index (χ1v) is 8.11. The number of nitrogens with two attached hydrogens (primary N) is 1. The molecule has 0 aliphatic rings. The summed E-state index contributed by atoms with van der Waals surface area (Å²) in [5.74, 6) is 1.67. The number of hydrogen-bond acceptors (Lipinski definition) is 4. The Balaban J connectivity index is 2.12. The Morgan fingerprint density at radius 2 is 2.10 bits per heavy atom. The molecule has 1 aromatic carbocycles. The topological polar surface area (TPSA) is 44.5 Å². The second-order valence-corrected chi connectivity index (χ2v) is 6.64. The molecule has 1 unspecified atom stereocenters. The SMILES string of the molecule is CCC(N)Cc1cc(OC)ccc1OCc1ccc(Cl)s1. The zero-order valence-electron chi connectivity index (χ0n) is 12.3. The van der Waals surface area contributed by atoms with Crippen LogP contribution in [0.25, 0.3) is 0 Å². The Labute approximate surface area is 134 Å². The molecular weight excluding hydrogens is 306 g/mol. The van der Waals surface area contributed by atoms with E-state index in [0.717, 1.165) is 39.1 Å². The molecule has 0 aliphatic carbocycles. The third kappa shape index (κ3) is 4.63. The van der Waals surface area contributed by atoms with Crippen molar-refractivity contribution in [2.45, 2.75) is 32.4 Å². The Morgan fingerprint density at radius 3 is 2.71 bits per heavy atom. The summed E-state index contributed by atoms with van der Waals surface area (Å²) in [6.07, 6.45) is 1.70. The summed E-state index contributed by atoms with van der Waals surface area (Å²) in [6, 6.07) is 9.81. The third-order valence-corrected chi connectivity index (χ3v) is 4.48. The highest BCUT2D eigenvalue weighted by Gasteiger charge is 2.10. The van der Waals surface area contributed by atoms with Gasteiger partial charge in [0.2, 0.25) is 0 Å². The molecule has 1 atom stereocenters. The predicted molar refractivity (Wildman–Crippen MR) is 88.6 cm³/mol. The number of benzene rings is 1. The van der Waals surface area contributed by atoms with Crippen LogP contribution in [0.1, 0.15) is 23.8 Å². The Bertz CT molecular complexity index is 585. The first kappa shape index (κ1) is 16.1. The minimum Gasteiger partial charge on any atom is -0.497 e. The van der Waals surface area contributed by atoms with E-state index in [1.54, 1.807) is 7.11 Å². The van der Waals surface area contributed by atoms with E-state index in [1.807, 2.05) is 30.3 Å². The Hall–Kier alpha value is -1.23. The fraction of sp³-hybridized carbons (Fsp3) is 0.375. The maximum atomic E-state index is 6.06. The molecule has 1 heterocycles. The first-order valence-electron chi connectivity index (χ1n) is 6.92. The van der Waals surface area contributed by atoms with Crippen LogP contribution in [0.4, 0.5) is 0 Å². The van der Waals surface area contributed by atoms with Crippen LogP contribution < -0.4 is 15.2 Å². The fourth-order valence-corrected chi connectivity index (χ4v) is 2.99. The molecular formula is C16H20ClNO2S. The average Bonchev–Trinajstić information content (AvgIpc) is 2.91. The van der Waals surface area contributed by atoms with Gasteiger partial charge >= 0.3 is 0 Å². The zero-order chi connectivity index (χ0) is 15.2. The number of ether oxygens (including phenoxy) is 2. The van der Waals surface area contributed by atoms with E-state index < -0.39 is 0 Å². The smallest absolute Gasteiger partial charge is 0.123 e. The minimum absolute atomic E-state index is 0.121. The van der Waals surface area contributed by atoms with E-state index in [0.29, 0.717) is 6.61 Å². The van der Waals surface area contributed by atoms with Crippen molar-refractivity contribution in [1.82, 2.24) is 0 Å². The van der Waals surface area contributed by atoms with Crippen LogP contribution in [0, 0.1) is 0 Å². The zero-order valence-corrected chi connectivity index (χ0v) is 13.8. The van der Waals surface area contributed by atoms with Crippen molar-refractivity contribution in [2.75, 3.05) is 7.11 Å². The van der Waals surface area contributed by atoms with E-state index in [4.69, 9.17) is 26.8 Å². The van der Waals surface area contributed by atoms with E-state index in [1.165, 1.54) is 11.3 Å². The average molecular weight is 326 g/mol. The number of thiophene rings is 1. The molecule has 3 nitrogen and oxygen atoms in total. The van der Waals surface area contributed by atoms with E-state index >= 15 is 0 Å². The largest absolute Gasteiger partial charge is 0.497 e. The van der Waals surface area contributed by atoms with Gasteiger partial charge in [0.05, 0.1) is 11.4 Å². The quantitative estimate of drug-likeness (QED) is 0.826. The van der Waals surface area contributed by atoms with Crippen molar-refractivity contribution in [3.8, 4) is 11.5 Å². The highest BCUT2D eigenvalue weighted by molar-refractivity contribution is 7.16. The number of rotatable bonds is 7. The van der Waals surface area contributed by atoms with Crippen LogP contribution in [0.15, 0.2) is 30.3 Å². The lowest BCUT2D eigenvalue weighted by atomic mass is 10.0. The summed E-state index contributed by atoms with van der Waals surface area (Å²) in [5, 5.41) is 0. The molecule has 2 N–H and O–H groups in total. The molecule has 0 radical (unpaired) electrons. The van der Waals surface area contributed by atoms with Gasteiger partial charge in [0, 0.05) is 10.9 Å². The molecule has 0 bridgehead atoms. The molecule has 0 saturated heterocycles. The van der Waals surface area contributed by atoms with Crippen LogP contribution in [-0.2, 0) is 13.0 Å². The van der Waals surface area contributed by atoms with Gasteiger partial charge in [0.15, 0.2) is 0 Å². The molecule has 0 aliphatic heterocycles. The van der Waals surface area contributed by atoms with Gasteiger partial charge in [-0.15, -0.1) is 11.3 Å². The van der Waals surface area contributed by atoms with E-state index in [2.05, 4.69) is 6.92 Å². The highest BCUT2D eigenvalue weighted by atomic mass is 35.5. The maximum absolute atomic E-state index is 6.06. The second-order valence-electron chi connectivity index (χ2n) is 4.84. The van der Waals surface area contributed by atoms with Gasteiger partial charge in [-0.3, -0.25) is 0 Å². The van der Waals surface area contributed by atoms with Gasteiger partial charge in [0.1, 0.15) is 18.1 Å². The monoisotopic (exact) mass is 325 g/mol. The van der Waals surface area contributed by atoms with Crippen LogP contribution in [0.5, 0.6) is 11.5 Å². The number of methoxy groups -OCH3 is 1. The van der Waals surface area contributed by atoms with E-state index in [-0.39, 0.29) is 6.04 Å². The molecule has 0 spiro atoms. The summed E-state index contributed by atoms with van der Waals surface area (Å²) in [4.78, 5) is 1.10. The fourth-order valence-electron chi connectivity index (χ4n) is 1.99. The van der Waals surface area contributed by atoms with Gasteiger partial charge in [-0.1, -0.05) is 18.5 Å². The van der Waals surface area contributed by atoms with Crippen molar-refractivity contribution >= 4 is 22.9 Å². The molecule has 0 fully saturated rings. The molecule has 5 heteroatoms. The van der Waals surface area contributed by atoms with Crippen LogP contribution in [-0.4, -0.2) is 13.2 Å². The molecule has 2 aromatic rings. The maximum Gasteiger partial charge on any atom is 0.123 e. The van der Waals surface area contributed by atoms with Gasteiger partial charge < -0.3 is 15.2 Å². The summed E-state index contributed by atoms with van der Waals surface area (Å²) >= 11 is 7.46. The lowest BCUT2D eigenvalue weighted by Crippen LogP contribution is -2.21. The van der Waals surface area contributed by atoms with E-state index in [9.17, 15) is 0 Å². The lowest BCUT2D eigenvalue weighted by Gasteiger charge is -2.15. The molecule has 21 heavy (non-hydrogen) atoms. The summed E-state index contributed by atoms with van der Waals surface area (Å²) in [6.45, 7) is 2.59. The third-order valence-electron chi connectivity index (χ3n) is 3.27.